The van der Waals surface area contributed by atoms with Gasteiger partial charge in [0.25, 0.3) is 5.91 Å². The zero-order valence-corrected chi connectivity index (χ0v) is 18.2. The Hall–Kier alpha value is -1.68. The lowest BCUT2D eigenvalue weighted by Crippen LogP contribution is -2.51. The van der Waals surface area contributed by atoms with E-state index in [4.69, 9.17) is 11.6 Å². The molecule has 0 atom stereocenters. The Balaban J connectivity index is 1.63. The lowest BCUT2D eigenvalue weighted by molar-refractivity contribution is -0.122. The summed E-state index contributed by atoms with van der Waals surface area (Å²) in [5.41, 5.74) is 0.165. The molecule has 0 aromatic heterocycles. The van der Waals surface area contributed by atoms with E-state index >= 15 is 0 Å². The molecule has 29 heavy (non-hydrogen) atoms. The Labute approximate surface area is 176 Å². The minimum atomic E-state index is -3.72. The molecule has 0 spiro atoms. The Kier molecular flexibility index (Phi) is 6.83. The summed E-state index contributed by atoms with van der Waals surface area (Å²) in [6.07, 6.45) is 2.10. The van der Waals surface area contributed by atoms with E-state index in [1.54, 1.807) is 18.7 Å². The predicted octanol–water partition coefficient (Wildman–Crippen LogP) is 1.06. The fraction of sp³-hybridized carbons (Fsp3) is 0.579. The molecule has 1 aliphatic carbocycles. The minimum Gasteiger partial charge on any atom is -0.352 e. The highest BCUT2D eigenvalue weighted by atomic mass is 35.5. The summed E-state index contributed by atoms with van der Waals surface area (Å²) >= 11 is 6.19. The van der Waals surface area contributed by atoms with Crippen molar-refractivity contribution in [1.29, 1.82) is 0 Å². The summed E-state index contributed by atoms with van der Waals surface area (Å²) in [5, 5.41) is 3.17. The standard InChI is InChI=1S/C19H27ClN4O4S/c1-13(2)22-29(27,28)15-5-6-17(20)16(11-15)19(26)24-9-7-23(8-10-24)12-18(25)21-14-3-4-14/h5-6,11,13-14,22H,3-4,7-10,12H2,1-2H3,(H,21,25). The third-order valence-corrected chi connectivity index (χ3v) is 6.82. The van der Waals surface area contributed by atoms with Gasteiger partial charge in [-0.05, 0) is 44.9 Å². The Bertz CT molecular complexity index is 878. The third-order valence-electron chi connectivity index (χ3n) is 4.84. The van der Waals surface area contributed by atoms with Crippen molar-refractivity contribution in [3.63, 3.8) is 0 Å². The largest absolute Gasteiger partial charge is 0.352 e. The lowest BCUT2D eigenvalue weighted by Gasteiger charge is -2.34. The number of carbonyl (C=O) groups is 2. The zero-order valence-electron chi connectivity index (χ0n) is 16.7. The molecule has 160 valence electrons. The van der Waals surface area contributed by atoms with Crippen LogP contribution in [-0.2, 0) is 14.8 Å². The highest BCUT2D eigenvalue weighted by Crippen LogP contribution is 2.23. The second kappa shape index (κ2) is 8.99. The topological polar surface area (TPSA) is 98.8 Å². The normalized spacial score (nSPS) is 18.1. The molecule has 1 saturated heterocycles. The molecule has 2 aliphatic rings. The van der Waals surface area contributed by atoms with Gasteiger partial charge in [0.2, 0.25) is 15.9 Å². The van der Waals surface area contributed by atoms with E-state index in [2.05, 4.69) is 10.0 Å². The van der Waals surface area contributed by atoms with Crippen LogP contribution in [-0.4, -0.2) is 74.8 Å². The molecule has 2 N–H and O–H groups in total. The first-order chi connectivity index (χ1) is 13.7. The molecule has 1 saturated carbocycles. The molecule has 0 radical (unpaired) electrons. The van der Waals surface area contributed by atoms with E-state index in [0.29, 0.717) is 38.8 Å². The fourth-order valence-corrected chi connectivity index (χ4v) is 4.67. The molecule has 0 unspecified atom stereocenters. The minimum absolute atomic E-state index is 0.00864. The Morgan fingerprint density at radius 2 is 1.83 bits per heavy atom. The smallest absolute Gasteiger partial charge is 0.255 e. The van der Waals surface area contributed by atoms with Crippen molar-refractivity contribution in [2.45, 2.75) is 43.7 Å². The molecule has 2 fully saturated rings. The predicted molar refractivity (Wildman–Crippen MR) is 110 cm³/mol. The summed E-state index contributed by atoms with van der Waals surface area (Å²) < 4.78 is 27.3. The molecular weight excluding hydrogens is 416 g/mol. The highest BCUT2D eigenvalue weighted by molar-refractivity contribution is 7.89. The molecule has 3 rings (SSSR count). The SMILES string of the molecule is CC(C)NS(=O)(=O)c1ccc(Cl)c(C(=O)N2CCN(CC(=O)NC3CC3)CC2)c1. The number of nitrogens with zero attached hydrogens (tertiary/aromatic N) is 2. The van der Waals surface area contributed by atoms with E-state index in [0.717, 1.165) is 12.8 Å². The van der Waals surface area contributed by atoms with Gasteiger partial charge in [0.1, 0.15) is 0 Å². The maximum Gasteiger partial charge on any atom is 0.255 e. The van der Waals surface area contributed by atoms with Crippen LogP contribution in [0.15, 0.2) is 23.1 Å². The number of carbonyl (C=O) groups excluding carboxylic acids is 2. The van der Waals surface area contributed by atoms with Crippen LogP contribution in [0.3, 0.4) is 0 Å². The monoisotopic (exact) mass is 442 g/mol. The van der Waals surface area contributed by atoms with Crippen molar-refractivity contribution >= 4 is 33.4 Å². The van der Waals surface area contributed by atoms with Gasteiger partial charge >= 0.3 is 0 Å². The number of amides is 2. The van der Waals surface area contributed by atoms with Gasteiger partial charge in [0.15, 0.2) is 0 Å². The number of rotatable bonds is 7. The number of hydrogen-bond acceptors (Lipinski definition) is 5. The summed E-state index contributed by atoms with van der Waals surface area (Å²) in [5.74, 6) is -0.287. The second-order valence-corrected chi connectivity index (χ2v) is 9.95. The molecule has 0 bridgehead atoms. The van der Waals surface area contributed by atoms with Crippen LogP contribution in [0, 0.1) is 0 Å². The number of benzene rings is 1. The van der Waals surface area contributed by atoms with Crippen LogP contribution >= 0.6 is 11.6 Å². The Morgan fingerprint density at radius 1 is 1.17 bits per heavy atom. The average molecular weight is 443 g/mol. The van der Waals surface area contributed by atoms with Crippen molar-refractivity contribution in [2.24, 2.45) is 0 Å². The third kappa shape index (κ3) is 5.91. The number of nitrogens with one attached hydrogen (secondary N) is 2. The van der Waals surface area contributed by atoms with E-state index in [-0.39, 0.29) is 33.3 Å². The molecule has 2 amide bonds. The van der Waals surface area contributed by atoms with Crippen LogP contribution in [0.25, 0.3) is 0 Å². The van der Waals surface area contributed by atoms with E-state index < -0.39 is 10.0 Å². The quantitative estimate of drug-likeness (QED) is 0.658. The summed E-state index contributed by atoms with van der Waals surface area (Å²) in [6, 6.07) is 4.22. The van der Waals surface area contributed by atoms with Crippen LogP contribution in [0.5, 0.6) is 0 Å². The van der Waals surface area contributed by atoms with Crippen molar-refractivity contribution in [3.05, 3.63) is 28.8 Å². The molecular formula is C19H27ClN4O4S. The zero-order chi connectivity index (χ0) is 21.2. The summed E-state index contributed by atoms with van der Waals surface area (Å²) in [6.45, 7) is 5.84. The number of hydrogen-bond donors (Lipinski definition) is 2. The molecule has 1 heterocycles. The van der Waals surface area contributed by atoms with E-state index in [9.17, 15) is 18.0 Å². The van der Waals surface area contributed by atoms with Crippen molar-refractivity contribution in [1.82, 2.24) is 19.8 Å². The summed E-state index contributed by atoms with van der Waals surface area (Å²) in [4.78, 5) is 28.5. The van der Waals surface area contributed by atoms with Crippen molar-refractivity contribution in [3.8, 4) is 0 Å². The van der Waals surface area contributed by atoms with Gasteiger partial charge in [-0.1, -0.05) is 11.6 Å². The lowest BCUT2D eigenvalue weighted by atomic mass is 10.1. The van der Waals surface area contributed by atoms with Gasteiger partial charge in [-0.25, -0.2) is 13.1 Å². The van der Waals surface area contributed by atoms with Crippen LogP contribution < -0.4 is 10.0 Å². The van der Waals surface area contributed by atoms with E-state index in [1.165, 1.54) is 18.2 Å². The Morgan fingerprint density at radius 3 is 2.41 bits per heavy atom. The van der Waals surface area contributed by atoms with Crippen molar-refractivity contribution < 1.29 is 18.0 Å². The first-order valence-corrected chi connectivity index (χ1v) is 11.6. The molecule has 1 aliphatic heterocycles. The molecule has 10 heteroatoms. The maximum absolute atomic E-state index is 12.9. The molecule has 8 nitrogen and oxygen atoms in total. The van der Waals surface area contributed by atoms with Crippen LogP contribution in [0.2, 0.25) is 5.02 Å². The van der Waals surface area contributed by atoms with Gasteiger partial charge < -0.3 is 10.2 Å². The molecule has 1 aromatic rings. The van der Waals surface area contributed by atoms with Crippen molar-refractivity contribution in [2.75, 3.05) is 32.7 Å². The van der Waals surface area contributed by atoms with Gasteiger partial charge in [0, 0.05) is 38.3 Å². The van der Waals surface area contributed by atoms with Gasteiger partial charge in [0.05, 0.1) is 22.0 Å². The van der Waals surface area contributed by atoms with E-state index in [1.807, 2.05) is 4.90 Å². The van der Waals surface area contributed by atoms with Crippen LogP contribution in [0.1, 0.15) is 37.0 Å². The van der Waals surface area contributed by atoms with Gasteiger partial charge in [-0.15, -0.1) is 0 Å². The number of sulfonamides is 1. The van der Waals surface area contributed by atoms with Gasteiger partial charge in [-0.3, -0.25) is 14.5 Å². The first kappa shape index (κ1) is 22.0. The fourth-order valence-electron chi connectivity index (χ4n) is 3.20. The average Bonchev–Trinajstić information content (AvgIpc) is 3.44. The summed E-state index contributed by atoms with van der Waals surface area (Å²) in [7, 11) is -3.72. The second-order valence-electron chi connectivity index (χ2n) is 7.83. The van der Waals surface area contributed by atoms with Gasteiger partial charge in [-0.2, -0.15) is 0 Å². The van der Waals surface area contributed by atoms with Crippen LogP contribution in [0.4, 0.5) is 0 Å². The first-order valence-electron chi connectivity index (χ1n) is 9.78. The molecule has 1 aromatic carbocycles. The maximum atomic E-state index is 12.9. The highest BCUT2D eigenvalue weighted by Gasteiger charge is 2.28. The number of piperazine rings is 1. The number of halogens is 1.